The Morgan fingerprint density at radius 2 is 1.29 bits per heavy atom. The molecule has 4 aliphatic carbocycles. The molecule has 2 heteroatoms. The topological polar surface area (TPSA) is 12.5 Å². The molecule has 0 amide bonds. The van der Waals surface area contributed by atoms with E-state index in [9.17, 15) is 0 Å². The fourth-order valence-corrected chi connectivity index (χ4v) is 10.8. The SMILES string of the molecule is CC1(C)c2ccccc2C2C=C(N(C3=CC[C@@](C)(C4=CC=CC5(C)c6ccccc6OC45)C=C3)c3ccc4c5ccccc5c5ccccc5c4c3)C=CC21. The van der Waals surface area contributed by atoms with Crippen molar-refractivity contribution in [3.05, 3.63) is 204 Å². The molecule has 4 unspecified atom stereocenters. The normalized spacial score (nSPS) is 26.8. The van der Waals surface area contributed by atoms with Gasteiger partial charge < -0.3 is 9.64 Å². The average molecular weight is 712 g/mol. The highest BCUT2D eigenvalue weighted by Crippen LogP contribution is 2.56. The Balaban J connectivity index is 1.04. The number of anilines is 1. The second-order valence-corrected chi connectivity index (χ2v) is 17.3. The molecule has 0 saturated carbocycles. The van der Waals surface area contributed by atoms with Gasteiger partial charge in [0, 0.05) is 34.0 Å². The molecule has 0 bridgehead atoms. The van der Waals surface area contributed by atoms with E-state index in [-0.39, 0.29) is 22.3 Å². The lowest BCUT2D eigenvalue weighted by molar-refractivity contribution is 0.189. The quantitative estimate of drug-likeness (QED) is 0.169. The van der Waals surface area contributed by atoms with Gasteiger partial charge in [0.25, 0.3) is 0 Å². The number of para-hydroxylation sites is 1. The molecule has 6 aromatic carbocycles. The maximum atomic E-state index is 6.77. The molecule has 55 heavy (non-hydrogen) atoms. The van der Waals surface area contributed by atoms with Crippen LogP contribution in [-0.4, -0.2) is 6.10 Å². The Labute approximate surface area is 324 Å². The van der Waals surface area contributed by atoms with Crippen LogP contribution in [0.25, 0.3) is 32.3 Å². The molecule has 0 aromatic heterocycles. The molecule has 268 valence electrons. The van der Waals surface area contributed by atoms with Gasteiger partial charge in [-0.2, -0.15) is 0 Å². The molecular formula is C53H45NO. The highest BCUT2D eigenvalue weighted by molar-refractivity contribution is 6.25. The third-order valence-electron chi connectivity index (χ3n) is 13.8. The van der Waals surface area contributed by atoms with Gasteiger partial charge in [0.05, 0.1) is 5.41 Å². The van der Waals surface area contributed by atoms with E-state index >= 15 is 0 Å². The summed E-state index contributed by atoms with van der Waals surface area (Å²) in [6, 6.07) is 42.5. The zero-order valence-electron chi connectivity index (χ0n) is 32.0. The number of benzene rings is 6. The molecule has 5 aliphatic rings. The first-order valence-electron chi connectivity index (χ1n) is 19.9. The predicted octanol–water partition coefficient (Wildman–Crippen LogP) is 13.2. The van der Waals surface area contributed by atoms with E-state index in [0.29, 0.717) is 11.8 Å². The van der Waals surface area contributed by atoms with Crippen molar-refractivity contribution in [1.82, 2.24) is 0 Å². The minimum absolute atomic E-state index is 0.0362. The van der Waals surface area contributed by atoms with Crippen molar-refractivity contribution in [1.29, 1.82) is 0 Å². The fraction of sp³-hybridized carbons (Fsp3) is 0.208. The van der Waals surface area contributed by atoms with Crippen molar-refractivity contribution in [2.45, 2.75) is 57.0 Å². The van der Waals surface area contributed by atoms with Crippen LogP contribution in [0.15, 0.2) is 187 Å². The van der Waals surface area contributed by atoms with Gasteiger partial charge in [0.2, 0.25) is 0 Å². The molecular weight excluding hydrogens is 667 g/mol. The molecule has 0 radical (unpaired) electrons. The first-order valence-corrected chi connectivity index (χ1v) is 19.9. The van der Waals surface area contributed by atoms with Crippen LogP contribution in [0.5, 0.6) is 5.75 Å². The van der Waals surface area contributed by atoms with Crippen molar-refractivity contribution in [3.63, 3.8) is 0 Å². The van der Waals surface area contributed by atoms with Gasteiger partial charge in [-0.1, -0.05) is 160 Å². The largest absolute Gasteiger partial charge is 0.484 e. The average Bonchev–Trinajstić information content (AvgIpc) is 3.65. The summed E-state index contributed by atoms with van der Waals surface area (Å²) in [6.07, 6.45) is 22.4. The van der Waals surface area contributed by atoms with Crippen LogP contribution >= 0.6 is 0 Å². The number of allylic oxidation sites excluding steroid dienone is 8. The molecule has 6 aromatic rings. The maximum absolute atomic E-state index is 6.77. The molecule has 0 fully saturated rings. The summed E-state index contributed by atoms with van der Waals surface area (Å²) in [5.74, 6) is 1.73. The molecule has 0 saturated heterocycles. The third kappa shape index (κ3) is 4.61. The zero-order valence-corrected chi connectivity index (χ0v) is 32.0. The van der Waals surface area contributed by atoms with Crippen LogP contribution in [-0.2, 0) is 10.8 Å². The second kappa shape index (κ2) is 11.6. The smallest absolute Gasteiger partial charge is 0.134 e. The Hall–Kier alpha value is -5.86. The lowest BCUT2D eigenvalue weighted by atomic mass is 9.65. The molecule has 2 nitrogen and oxygen atoms in total. The summed E-state index contributed by atoms with van der Waals surface area (Å²) in [6.45, 7) is 9.54. The van der Waals surface area contributed by atoms with E-state index in [2.05, 4.69) is 203 Å². The molecule has 0 spiro atoms. The zero-order chi connectivity index (χ0) is 37.1. The van der Waals surface area contributed by atoms with Gasteiger partial charge in [-0.25, -0.2) is 0 Å². The van der Waals surface area contributed by atoms with Crippen molar-refractivity contribution in [3.8, 4) is 5.75 Å². The summed E-state index contributed by atoms with van der Waals surface area (Å²) >= 11 is 0. The highest BCUT2D eigenvalue weighted by atomic mass is 16.5. The first kappa shape index (κ1) is 32.6. The van der Waals surface area contributed by atoms with E-state index in [4.69, 9.17) is 4.74 Å². The van der Waals surface area contributed by atoms with Gasteiger partial charge in [-0.15, -0.1) is 0 Å². The second-order valence-electron chi connectivity index (χ2n) is 17.3. The Morgan fingerprint density at radius 1 is 0.636 bits per heavy atom. The number of hydrogen-bond acceptors (Lipinski definition) is 2. The van der Waals surface area contributed by atoms with Gasteiger partial charge in [-0.05, 0) is 104 Å². The van der Waals surface area contributed by atoms with Crippen LogP contribution in [0.1, 0.15) is 56.7 Å². The summed E-state index contributed by atoms with van der Waals surface area (Å²) in [7, 11) is 0. The van der Waals surface area contributed by atoms with Crippen molar-refractivity contribution < 1.29 is 4.74 Å². The summed E-state index contributed by atoms with van der Waals surface area (Å²) < 4.78 is 6.77. The van der Waals surface area contributed by atoms with Crippen LogP contribution in [0, 0.1) is 11.3 Å². The molecule has 5 atom stereocenters. The number of rotatable bonds is 4. The van der Waals surface area contributed by atoms with Gasteiger partial charge in [-0.3, -0.25) is 0 Å². The number of nitrogens with zero attached hydrogens (tertiary/aromatic N) is 1. The van der Waals surface area contributed by atoms with Crippen LogP contribution < -0.4 is 9.64 Å². The highest BCUT2D eigenvalue weighted by Gasteiger charge is 2.50. The molecule has 11 rings (SSSR count). The number of fused-ring (bicyclic) bond motifs is 12. The Kier molecular flexibility index (Phi) is 6.85. The van der Waals surface area contributed by atoms with Crippen molar-refractivity contribution in [2.24, 2.45) is 11.3 Å². The molecule has 1 aliphatic heterocycles. The van der Waals surface area contributed by atoms with Crippen LogP contribution in [0.4, 0.5) is 5.69 Å². The molecule has 0 N–H and O–H groups in total. The Bertz CT molecular complexity index is 2770. The summed E-state index contributed by atoms with van der Waals surface area (Å²) in [4.78, 5) is 2.52. The van der Waals surface area contributed by atoms with Crippen LogP contribution in [0.2, 0.25) is 0 Å². The van der Waals surface area contributed by atoms with E-state index < -0.39 is 0 Å². The van der Waals surface area contributed by atoms with E-state index in [1.807, 2.05) is 0 Å². The number of ether oxygens (including phenoxy) is 1. The van der Waals surface area contributed by atoms with Gasteiger partial charge in [0.15, 0.2) is 0 Å². The van der Waals surface area contributed by atoms with E-state index in [1.165, 1.54) is 71.7 Å². The first-order chi connectivity index (χ1) is 26.7. The van der Waals surface area contributed by atoms with Gasteiger partial charge >= 0.3 is 0 Å². The third-order valence-corrected chi connectivity index (χ3v) is 13.8. The van der Waals surface area contributed by atoms with E-state index in [0.717, 1.165) is 12.2 Å². The predicted molar refractivity (Wildman–Crippen MR) is 230 cm³/mol. The van der Waals surface area contributed by atoms with Gasteiger partial charge in [0.1, 0.15) is 11.9 Å². The van der Waals surface area contributed by atoms with Crippen LogP contribution in [0.3, 0.4) is 0 Å². The van der Waals surface area contributed by atoms with Crippen molar-refractivity contribution in [2.75, 3.05) is 4.90 Å². The standard InChI is InChI=1S/C53H45NO/c1-51(2)45-19-10-9-18-42(45)44-33-36(24-26-46(44)51)54(35-23-25-41-39-16-6-5-14-37(39)38-15-7-8-17-40(38)43(41)32-35)34-27-30-52(3,31-28-34)48-21-13-29-53(4)47-20-11-12-22-49(47)55-50(48)53/h5-30,32-33,44,46,50H,31H2,1-4H3/t44?,46?,50?,52-,53?/m0/s1. The summed E-state index contributed by atoms with van der Waals surface area (Å²) in [5, 5.41) is 7.75. The van der Waals surface area contributed by atoms with E-state index in [1.54, 1.807) is 0 Å². The lowest BCUT2D eigenvalue weighted by Crippen LogP contribution is -2.42. The monoisotopic (exact) mass is 711 g/mol. The summed E-state index contributed by atoms with van der Waals surface area (Å²) in [5.41, 5.74) is 8.81. The maximum Gasteiger partial charge on any atom is 0.134 e. The Morgan fingerprint density at radius 3 is 2.02 bits per heavy atom. The lowest BCUT2D eigenvalue weighted by Gasteiger charge is -2.41. The fourth-order valence-electron chi connectivity index (χ4n) is 10.8. The minimum atomic E-state index is -0.192. The minimum Gasteiger partial charge on any atom is -0.484 e. The van der Waals surface area contributed by atoms with Crippen molar-refractivity contribution >= 4 is 38.0 Å². The molecule has 1 heterocycles. The number of hydrogen-bond donors (Lipinski definition) is 0.